The van der Waals surface area contributed by atoms with Gasteiger partial charge in [0.1, 0.15) is 0 Å². The lowest BCUT2D eigenvalue weighted by Gasteiger charge is -2.16. The molecule has 0 aromatic heterocycles. The normalized spacial score (nSPS) is 20.1. The number of β-amino-alcohol motifs (C(OH)–C–C–N with tert-alkyl or cyclic N) is 1. The van der Waals surface area contributed by atoms with Crippen molar-refractivity contribution in [1.82, 2.24) is 4.90 Å². The Morgan fingerprint density at radius 3 is 2.82 bits per heavy atom. The Labute approximate surface area is 110 Å². The van der Waals surface area contributed by atoms with Crippen molar-refractivity contribution in [2.45, 2.75) is 18.9 Å². The molecule has 1 saturated heterocycles. The molecule has 1 unspecified atom stereocenters. The third kappa shape index (κ3) is 3.12. The monoisotopic (exact) mass is 273 g/mol. The largest absolute Gasteiger partial charge is 0.391 e. The third-order valence-electron chi connectivity index (χ3n) is 2.85. The van der Waals surface area contributed by atoms with Crippen LogP contribution in [0.2, 0.25) is 10.0 Å². The van der Waals surface area contributed by atoms with Crippen LogP contribution >= 0.6 is 23.2 Å². The maximum atomic E-state index is 11.5. The van der Waals surface area contributed by atoms with Gasteiger partial charge < -0.3 is 10.0 Å². The van der Waals surface area contributed by atoms with Gasteiger partial charge in [0.15, 0.2) is 0 Å². The lowest BCUT2D eigenvalue weighted by Crippen LogP contribution is -2.28. The molecule has 92 valence electrons. The van der Waals surface area contributed by atoms with E-state index in [-0.39, 0.29) is 12.3 Å². The molecule has 0 saturated carbocycles. The number of likely N-dealkylation sites (tertiary alicyclic amines) is 1. The number of nitrogens with zero attached hydrogens (tertiary/aromatic N) is 1. The molecule has 3 nitrogen and oxygen atoms in total. The first kappa shape index (κ1) is 12.7. The van der Waals surface area contributed by atoms with Crippen molar-refractivity contribution < 1.29 is 9.90 Å². The van der Waals surface area contributed by atoms with Crippen LogP contribution < -0.4 is 0 Å². The van der Waals surface area contributed by atoms with Crippen LogP contribution in [0, 0.1) is 0 Å². The van der Waals surface area contributed by atoms with E-state index in [4.69, 9.17) is 23.2 Å². The van der Waals surface area contributed by atoms with Gasteiger partial charge in [-0.05, 0) is 30.2 Å². The number of hydrogen-bond donors (Lipinski definition) is 1. The van der Waals surface area contributed by atoms with Crippen LogP contribution in [0.5, 0.6) is 0 Å². The fourth-order valence-electron chi connectivity index (χ4n) is 1.96. The molecule has 1 fully saturated rings. The molecular formula is C12H13Cl2NO2. The van der Waals surface area contributed by atoms with E-state index in [0.717, 1.165) is 5.56 Å². The van der Waals surface area contributed by atoms with E-state index in [9.17, 15) is 9.90 Å². The lowest BCUT2D eigenvalue weighted by atomic mass is 10.1. The summed E-state index contributed by atoms with van der Waals surface area (Å²) in [4.78, 5) is 13.1. The van der Waals surface area contributed by atoms with Gasteiger partial charge in [-0.25, -0.2) is 0 Å². The van der Waals surface area contributed by atoms with Crippen molar-refractivity contribution in [3.8, 4) is 0 Å². The number of aliphatic hydroxyl groups is 1. The minimum Gasteiger partial charge on any atom is -0.391 e. The molecule has 0 aliphatic carbocycles. The smallest absolute Gasteiger partial charge is 0.225 e. The molecule has 1 amide bonds. The number of carbonyl (C=O) groups excluding carboxylic acids is 1. The van der Waals surface area contributed by atoms with Gasteiger partial charge in [0.05, 0.1) is 12.5 Å². The fourth-order valence-corrected chi connectivity index (χ4v) is 2.36. The van der Waals surface area contributed by atoms with E-state index < -0.39 is 6.10 Å². The Hall–Kier alpha value is -0.770. The second kappa shape index (κ2) is 5.25. The molecule has 1 N–H and O–H groups in total. The van der Waals surface area contributed by atoms with Crippen LogP contribution in [0.25, 0.3) is 0 Å². The van der Waals surface area contributed by atoms with Gasteiger partial charge in [-0.3, -0.25) is 4.79 Å². The molecule has 17 heavy (non-hydrogen) atoms. The maximum Gasteiger partial charge on any atom is 0.225 e. The van der Waals surface area contributed by atoms with Crippen molar-refractivity contribution >= 4 is 29.1 Å². The Morgan fingerprint density at radius 1 is 1.41 bits per heavy atom. The third-order valence-corrected chi connectivity index (χ3v) is 3.46. The lowest BCUT2D eigenvalue weighted by molar-refractivity contribution is -0.127. The molecule has 1 aromatic rings. The average molecular weight is 274 g/mol. The van der Waals surface area contributed by atoms with E-state index in [2.05, 4.69) is 0 Å². The van der Waals surface area contributed by atoms with Crippen molar-refractivity contribution in [2.24, 2.45) is 0 Å². The Morgan fingerprint density at radius 2 is 2.18 bits per heavy atom. The average Bonchev–Trinajstić information content (AvgIpc) is 2.59. The zero-order valence-corrected chi connectivity index (χ0v) is 10.7. The first-order valence-corrected chi connectivity index (χ1v) is 6.21. The van der Waals surface area contributed by atoms with Gasteiger partial charge >= 0.3 is 0 Å². The van der Waals surface area contributed by atoms with Crippen LogP contribution in [-0.2, 0) is 11.2 Å². The summed E-state index contributed by atoms with van der Waals surface area (Å²) in [6, 6.07) is 5.29. The van der Waals surface area contributed by atoms with Gasteiger partial charge in [-0.15, -0.1) is 0 Å². The summed E-state index contributed by atoms with van der Waals surface area (Å²) in [6.45, 7) is 0.979. The van der Waals surface area contributed by atoms with Crippen LogP contribution in [0.1, 0.15) is 12.0 Å². The first-order valence-electron chi connectivity index (χ1n) is 5.46. The number of amides is 1. The molecule has 0 bridgehead atoms. The van der Waals surface area contributed by atoms with Crippen LogP contribution in [-0.4, -0.2) is 35.1 Å². The molecule has 2 rings (SSSR count). The van der Waals surface area contributed by atoms with Gasteiger partial charge in [0.2, 0.25) is 5.91 Å². The first-order chi connectivity index (χ1) is 8.06. The number of benzene rings is 1. The minimum atomic E-state index is -0.530. The molecule has 0 radical (unpaired) electrons. The van der Waals surface area contributed by atoms with Crippen molar-refractivity contribution in [1.29, 1.82) is 0 Å². The predicted octanol–water partition coefficient (Wildman–Crippen LogP) is 2.13. The molecule has 1 heterocycles. The van der Waals surface area contributed by atoms with Crippen LogP contribution in [0.4, 0.5) is 0 Å². The standard InChI is InChI=1S/C12H13Cl2NO2/c13-9-1-2-11(14)8(5-9)3-4-15-7-10(16)6-12(15)17/h1-2,5,10,16H,3-4,6-7H2. The van der Waals surface area contributed by atoms with Gasteiger partial charge in [-0.2, -0.15) is 0 Å². The number of aliphatic hydroxyl groups excluding tert-OH is 1. The van der Waals surface area contributed by atoms with E-state index in [1.165, 1.54) is 0 Å². The Balaban J connectivity index is 1.98. The molecule has 1 atom stereocenters. The summed E-state index contributed by atoms with van der Waals surface area (Å²) < 4.78 is 0. The summed E-state index contributed by atoms with van der Waals surface area (Å²) in [5.74, 6) is -0.00403. The van der Waals surface area contributed by atoms with E-state index in [1.54, 1.807) is 23.1 Å². The van der Waals surface area contributed by atoms with E-state index >= 15 is 0 Å². The Bertz CT molecular complexity index is 437. The zero-order valence-electron chi connectivity index (χ0n) is 9.20. The topological polar surface area (TPSA) is 40.5 Å². The van der Waals surface area contributed by atoms with Crippen LogP contribution in [0.15, 0.2) is 18.2 Å². The van der Waals surface area contributed by atoms with Gasteiger partial charge in [0.25, 0.3) is 0 Å². The SMILES string of the molecule is O=C1CC(O)CN1CCc1cc(Cl)ccc1Cl. The summed E-state index contributed by atoms with van der Waals surface area (Å²) in [5.41, 5.74) is 0.924. The molecule has 0 spiro atoms. The highest BCUT2D eigenvalue weighted by Crippen LogP contribution is 2.22. The summed E-state index contributed by atoms with van der Waals surface area (Å²) in [5, 5.41) is 10.6. The molecule has 1 aromatic carbocycles. The Kier molecular flexibility index (Phi) is 3.92. The van der Waals surface area contributed by atoms with Crippen molar-refractivity contribution in [3.05, 3.63) is 33.8 Å². The molecule has 1 aliphatic rings. The summed E-state index contributed by atoms with van der Waals surface area (Å²) in [7, 11) is 0. The zero-order chi connectivity index (χ0) is 12.4. The highest BCUT2D eigenvalue weighted by molar-refractivity contribution is 6.33. The van der Waals surface area contributed by atoms with Crippen molar-refractivity contribution in [2.75, 3.05) is 13.1 Å². The molecule has 5 heteroatoms. The number of rotatable bonds is 3. The molecule has 1 aliphatic heterocycles. The van der Waals surface area contributed by atoms with Crippen molar-refractivity contribution in [3.63, 3.8) is 0 Å². The fraction of sp³-hybridized carbons (Fsp3) is 0.417. The quantitative estimate of drug-likeness (QED) is 0.917. The van der Waals surface area contributed by atoms with Crippen LogP contribution in [0.3, 0.4) is 0 Å². The van der Waals surface area contributed by atoms with E-state index in [1.807, 2.05) is 0 Å². The summed E-state index contributed by atoms with van der Waals surface area (Å²) in [6.07, 6.45) is 0.346. The maximum absolute atomic E-state index is 11.5. The van der Waals surface area contributed by atoms with Gasteiger partial charge in [0, 0.05) is 23.1 Å². The minimum absolute atomic E-state index is 0.00403. The van der Waals surface area contributed by atoms with Gasteiger partial charge in [-0.1, -0.05) is 23.2 Å². The number of carbonyl (C=O) groups is 1. The van der Waals surface area contributed by atoms with E-state index in [0.29, 0.717) is 29.6 Å². The summed E-state index contributed by atoms with van der Waals surface area (Å²) >= 11 is 11.9. The number of hydrogen-bond acceptors (Lipinski definition) is 2. The predicted molar refractivity (Wildman–Crippen MR) is 67.4 cm³/mol. The highest BCUT2D eigenvalue weighted by Gasteiger charge is 2.27. The molecular weight excluding hydrogens is 261 g/mol. The second-order valence-electron chi connectivity index (χ2n) is 4.18. The highest BCUT2D eigenvalue weighted by atomic mass is 35.5. The number of halogens is 2. The second-order valence-corrected chi connectivity index (χ2v) is 5.03.